The molecule has 0 aliphatic carbocycles. The highest BCUT2D eigenvalue weighted by Crippen LogP contribution is 2.14. The molecular weight excluding hydrogens is 327 g/mol. The van der Waals surface area contributed by atoms with Gasteiger partial charge in [-0.2, -0.15) is 5.10 Å². The maximum Gasteiger partial charge on any atom is 0.271 e. The van der Waals surface area contributed by atoms with Crippen LogP contribution in [0.5, 0.6) is 5.75 Å². The molecule has 0 spiro atoms. The van der Waals surface area contributed by atoms with Crippen molar-refractivity contribution in [3.8, 4) is 5.75 Å². The van der Waals surface area contributed by atoms with E-state index in [1.807, 2.05) is 0 Å². The van der Waals surface area contributed by atoms with E-state index in [0.717, 1.165) is 0 Å². The number of nitrogens with zero attached hydrogens (tertiary/aromatic N) is 1. The minimum Gasteiger partial charge on any atom is -0.508 e. The molecule has 0 saturated heterocycles. The van der Waals surface area contributed by atoms with Gasteiger partial charge in [0.25, 0.3) is 5.91 Å². The average molecular weight is 337 g/mol. The van der Waals surface area contributed by atoms with Gasteiger partial charge in [-0.15, -0.1) is 0 Å². The molecule has 0 aromatic heterocycles. The van der Waals surface area contributed by atoms with Crippen molar-refractivity contribution in [1.29, 1.82) is 0 Å². The second-order valence-electron chi connectivity index (χ2n) is 3.92. The van der Waals surface area contributed by atoms with Crippen molar-refractivity contribution in [2.45, 2.75) is 0 Å². The van der Waals surface area contributed by atoms with Crippen LogP contribution in [0.3, 0.4) is 0 Å². The van der Waals surface area contributed by atoms with Gasteiger partial charge < -0.3 is 5.11 Å². The van der Waals surface area contributed by atoms with E-state index in [1.54, 1.807) is 18.2 Å². The Balaban J connectivity index is 2.06. The quantitative estimate of drug-likeness (QED) is 0.668. The topological polar surface area (TPSA) is 61.7 Å². The van der Waals surface area contributed by atoms with E-state index in [9.17, 15) is 14.3 Å². The van der Waals surface area contributed by atoms with Crippen LogP contribution in [0.4, 0.5) is 4.39 Å². The van der Waals surface area contributed by atoms with Gasteiger partial charge in [-0.1, -0.05) is 22.0 Å². The largest absolute Gasteiger partial charge is 0.508 e. The van der Waals surface area contributed by atoms with Crippen LogP contribution < -0.4 is 5.43 Å². The fraction of sp³-hybridized carbons (Fsp3) is 0. The van der Waals surface area contributed by atoms with Gasteiger partial charge in [0.1, 0.15) is 11.6 Å². The van der Waals surface area contributed by atoms with E-state index in [1.165, 1.54) is 30.5 Å². The van der Waals surface area contributed by atoms with Crippen LogP contribution in [-0.2, 0) is 0 Å². The van der Waals surface area contributed by atoms with Gasteiger partial charge in [0.2, 0.25) is 0 Å². The number of amides is 1. The number of benzene rings is 2. The van der Waals surface area contributed by atoms with Crippen LogP contribution >= 0.6 is 15.9 Å². The summed E-state index contributed by atoms with van der Waals surface area (Å²) in [6.07, 6.45) is 1.21. The van der Waals surface area contributed by atoms with E-state index in [-0.39, 0.29) is 16.9 Å². The number of phenols is 1. The number of hydrogen-bond donors (Lipinski definition) is 2. The summed E-state index contributed by atoms with van der Waals surface area (Å²) in [5.41, 5.74) is 2.77. The molecule has 1 amide bonds. The van der Waals surface area contributed by atoms with Gasteiger partial charge in [-0.05, 0) is 36.4 Å². The molecule has 0 unspecified atom stereocenters. The van der Waals surface area contributed by atoms with Crippen LogP contribution in [0, 0.1) is 5.82 Å². The number of hydrogen-bond acceptors (Lipinski definition) is 3. The molecule has 6 heteroatoms. The van der Waals surface area contributed by atoms with Crippen LogP contribution in [0.25, 0.3) is 0 Å². The second-order valence-corrected chi connectivity index (χ2v) is 4.83. The Morgan fingerprint density at radius 2 is 2.10 bits per heavy atom. The van der Waals surface area contributed by atoms with Gasteiger partial charge in [-0.3, -0.25) is 4.79 Å². The maximum atomic E-state index is 13.4. The molecule has 2 aromatic rings. The van der Waals surface area contributed by atoms with Gasteiger partial charge in [-0.25, -0.2) is 9.82 Å². The third-order valence-electron chi connectivity index (χ3n) is 2.44. The number of carbonyl (C=O) groups excluding carboxylic acids is 1. The number of carbonyl (C=O) groups is 1. The number of nitrogens with one attached hydrogen (secondary N) is 1. The second kappa shape index (κ2) is 6.29. The lowest BCUT2D eigenvalue weighted by Gasteiger charge is -2.01. The zero-order chi connectivity index (χ0) is 14.5. The minimum absolute atomic E-state index is 0.0142. The summed E-state index contributed by atoms with van der Waals surface area (Å²) in [6.45, 7) is 0. The Hall–Kier alpha value is -2.21. The fourth-order valence-corrected chi connectivity index (χ4v) is 1.86. The van der Waals surface area contributed by atoms with E-state index in [2.05, 4.69) is 26.5 Å². The van der Waals surface area contributed by atoms with Crippen molar-refractivity contribution in [1.82, 2.24) is 5.43 Å². The number of halogens is 2. The molecule has 2 aromatic carbocycles. The van der Waals surface area contributed by atoms with Crippen molar-refractivity contribution in [3.63, 3.8) is 0 Å². The summed E-state index contributed by atoms with van der Waals surface area (Å²) in [7, 11) is 0. The zero-order valence-electron chi connectivity index (χ0n) is 10.2. The summed E-state index contributed by atoms with van der Waals surface area (Å²) in [5, 5.41) is 12.9. The lowest BCUT2D eigenvalue weighted by atomic mass is 10.2. The highest BCUT2D eigenvalue weighted by molar-refractivity contribution is 9.10. The molecule has 0 aliphatic heterocycles. The summed E-state index contributed by atoms with van der Waals surface area (Å²) < 4.78 is 14.1. The standard InChI is InChI=1S/C14H10BrFN2O2/c15-11-4-5-13(16)10(6-11)8-17-18-14(20)9-2-1-3-12(19)7-9/h1-8,19H,(H,18,20)/b17-8-. The fourth-order valence-electron chi connectivity index (χ4n) is 1.49. The first-order valence-electron chi connectivity index (χ1n) is 5.64. The number of hydrazone groups is 1. The molecule has 0 radical (unpaired) electrons. The number of aromatic hydroxyl groups is 1. The van der Waals surface area contributed by atoms with Crippen molar-refractivity contribution >= 4 is 28.1 Å². The Bertz CT molecular complexity index is 674. The molecule has 0 saturated carbocycles. The Kier molecular flexibility index (Phi) is 4.47. The number of rotatable bonds is 3. The monoisotopic (exact) mass is 336 g/mol. The molecule has 0 heterocycles. The molecule has 4 nitrogen and oxygen atoms in total. The van der Waals surface area contributed by atoms with E-state index < -0.39 is 11.7 Å². The lowest BCUT2D eigenvalue weighted by Crippen LogP contribution is -2.17. The van der Waals surface area contributed by atoms with E-state index >= 15 is 0 Å². The highest BCUT2D eigenvalue weighted by Gasteiger charge is 2.05. The molecule has 0 atom stereocenters. The molecule has 2 rings (SSSR count). The van der Waals surface area contributed by atoms with Crippen LogP contribution in [0.1, 0.15) is 15.9 Å². The normalized spacial score (nSPS) is 10.7. The summed E-state index contributed by atoms with van der Waals surface area (Å²) in [6, 6.07) is 10.2. The van der Waals surface area contributed by atoms with E-state index in [0.29, 0.717) is 4.47 Å². The zero-order valence-corrected chi connectivity index (χ0v) is 11.8. The third kappa shape index (κ3) is 3.64. The lowest BCUT2D eigenvalue weighted by molar-refractivity contribution is 0.0954. The third-order valence-corrected chi connectivity index (χ3v) is 2.93. The molecule has 0 aliphatic rings. The minimum atomic E-state index is -0.493. The molecule has 2 N–H and O–H groups in total. The van der Waals surface area contributed by atoms with E-state index in [4.69, 9.17) is 0 Å². The van der Waals surface area contributed by atoms with Crippen LogP contribution in [0.15, 0.2) is 52.0 Å². The summed E-state index contributed by atoms with van der Waals surface area (Å²) in [5.74, 6) is -0.948. The Labute approximate surface area is 123 Å². The van der Waals surface area contributed by atoms with Gasteiger partial charge in [0.15, 0.2) is 0 Å². The Morgan fingerprint density at radius 1 is 1.30 bits per heavy atom. The first-order chi connectivity index (χ1) is 9.56. The summed E-state index contributed by atoms with van der Waals surface area (Å²) in [4.78, 5) is 11.7. The first kappa shape index (κ1) is 14.2. The molecular formula is C14H10BrFN2O2. The molecule has 0 bridgehead atoms. The predicted molar refractivity (Wildman–Crippen MR) is 77.3 cm³/mol. The van der Waals surface area contributed by atoms with Gasteiger partial charge in [0, 0.05) is 15.6 Å². The molecule has 102 valence electrons. The SMILES string of the molecule is O=C(N/N=C\c1cc(Br)ccc1F)c1cccc(O)c1. The predicted octanol–water partition coefficient (Wildman–Crippen LogP) is 3.06. The Morgan fingerprint density at radius 3 is 2.85 bits per heavy atom. The summed E-state index contributed by atoms with van der Waals surface area (Å²) >= 11 is 3.22. The van der Waals surface area contributed by atoms with Crippen molar-refractivity contribution in [2.75, 3.05) is 0 Å². The smallest absolute Gasteiger partial charge is 0.271 e. The van der Waals surface area contributed by atoms with Crippen molar-refractivity contribution in [2.24, 2.45) is 5.10 Å². The number of phenolic OH excluding ortho intramolecular Hbond substituents is 1. The maximum absolute atomic E-state index is 13.4. The molecule has 0 fully saturated rings. The van der Waals surface area contributed by atoms with Crippen molar-refractivity contribution < 1.29 is 14.3 Å². The van der Waals surface area contributed by atoms with Gasteiger partial charge >= 0.3 is 0 Å². The first-order valence-corrected chi connectivity index (χ1v) is 6.43. The van der Waals surface area contributed by atoms with Crippen LogP contribution in [0.2, 0.25) is 0 Å². The highest BCUT2D eigenvalue weighted by atomic mass is 79.9. The van der Waals surface area contributed by atoms with Gasteiger partial charge in [0.05, 0.1) is 6.21 Å². The van der Waals surface area contributed by atoms with Crippen LogP contribution in [-0.4, -0.2) is 17.2 Å². The molecule has 20 heavy (non-hydrogen) atoms. The van der Waals surface area contributed by atoms with Crippen molar-refractivity contribution in [3.05, 3.63) is 63.9 Å². The average Bonchev–Trinajstić information content (AvgIpc) is 2.42.